The van der Waals surface area contributed by atoms with Crippen LogP contribution in [0.2, 0.25) is 5.15 Å². The number of halogens is 1. The van der Waals surface area contributed by atoms with Gasteiger partial charge >= 0.3 is 5.97 Å². The second kappa shape index (κ2) is 8.07. The fraction of sp³-hybridized carbons (Fsp3) is 0.348. The van der Waals surface area contributed by atoms with Crippen LogP contribution in [0.15, 0.2) is 35.3 Å². The maximum atomic E-state index is 12.1. The summed E-state index contributed by atoms with van der Waals surface area (Å²) in [6.45, 7) is 0. The molecular weight excluding hydrogens is 460 g/mol. The highest BCUT2D eigenvalue weighted by molar-refractivity contribution is 7.08. The number of nitrogens with one attached hydrogen (secondary N) is 2. The van der Waals surface area contributed by atoms with Crippen LogP contribution in [0.3, 0.4) is 0 Å². The predicted octanol–water partition coefficient (Wildman–Crippen LogP) is 5.10. The molecule has 2 atom stereocenters. The molecule has 3 aliphatic rings. The van der Waals surface area contributed by atoms with Crippen molar-refractivity contribution in [3.63, 3.8) is 0 Å². The van der Waals surface area contributed by atoms with Gasteiger partial charge in [0.2, 0.25) is 0 Å². The van der Waals surface area contributed by atoms with E-state index in [-0.39, 0.29) is 12.0 Å². The predicted molar refractivity (Wildman–Crippen MR) is 127 cm³/mol. The Balaban J connectivity index is 1.45. The number of aromatic amines is 1. The summed E-state index contributed by atoms with van der Waals surface area (Å²) in [4.78, 5) is 33.5. The molecule has 2 bridgehead atoms. The minimum Gasteiger partial charge on any atom is -0.481 e. The molecule has 7 rings (SSSR count). The van der Waals surface area contributed by atoms with Crippen molar-refractivity contribution >= 4 is 45.9 Å². The molecule has 4 aromatic heterocycles. The van der Waals surface area contributed by atoms with Gasteiger partial charge in [-0.15, -0.1) is 0 Å². The average molecular weight is 481 g/mol. The molecule has 0 aliphatic heterocycles. The Labute approximate surface area is 198 Å². The van der Waals surface area contributed by atoms with Crippen molar-refractivity contribution in [3.8, 4) is 22.6 Å². The molecule has 3 fully saturated rings. The Hall–Kier alpha value is -3.04. The smallest absolute Gasteiger partial charge is 0.308 e. The second-order valence-corrected chi connectivity index (χ2v) is 9.94. The molecule has 168 valence electrons. The molecule has 0 amide bonds. The second-order valence-electron chi connectivity index (χ2n) is 8.78. The number of carboxylic acid groups (broad SMARTS) is 1. The zero-order valence-electron chi connectivity index (χ0n) is 17.5. The molecule has 0 spiro atoms. The maximum Gasteiger partial charge on any atom is 0.308 e. The highest BCUT2D eigenvalue weighted by Gasteiger charge is 2.47. The monoisotopic (exact) mass is 480 g/mol. The first-order valence-corrected chi connectivity index (χ1v) is 12.3. The number of H-pyrrole nitrogens is 1. The summed E-state index contributed by atoms with van der Waals surface area (Å²) in [5, 5.41) is 17.8. The normalized spacial score (nSPS) is 24.3. The summed E-state index contributed by atoms with van der Waals surface area (Å²) < 4.78 is 0. The van der Waals surface area contributed by atoms with E-state index in [4.69, 9.17) is 21.6 Å². The molecule has 4 heterocycles. The summed E-state index contributed by atoms with van der Waals surface area (Å²) in [7, 11) is 0. The highest BCUT2D eigenvalue weighted by atomic mass is 35.5. The Kier molecular flexibility index (Phi) is 5.03. The van der Waals surface area contributed by atoms with Crippen molar-refractivity contribution in [1.29, 1.82) is 0 Å². The summed E-state index contributed by atoms with van der Waals surface area (Å²) in [6.07, 6.45) is 7.35. The molecule has 3 N–H and O–H groups in total. The van der Waals surface area contributed by atoms with Crippen molar-refractivity contribution < 1.29 is 9.90 Å². The number of carbonyl (C=O) groups is 1. The Morgan fingerprint density at radius 2 is 2.00 bits per heavy atom. The van der Waals surface area contributed by atoms with Crippen molar-refractivity contribution in [2.24, 2.45) is 17.8 Å². The van der Waals surface area contributed by atoms with E-state index in [1.165, 1.54) is 6.20 Å². The zero-order valence-corrected chi connectivity index (χ0v) is 19.1. The summed E-state index contributed by atoms with van der Waals surface area (Å²) >= 11 is 7.69. The number of hydrogen-bond donors (Lipinski definition) is 3. The molecule has 8 nitrogen and oxygen atoms in total. The van der Waals surface area contributed by atoms with Gasteiger partial charge < -0.3 is 15.4 Å². The quantitative estimate of drug-likeness (QED) is 0.364. The lowest BCUT2D eigenvalue weighted by Gasteiger charge is -2.47. The van der Waals surface area contributed by atoms with E-state index in [1.54, 1.807) is 17.5 Å². The number of aliphatic carboxylic acids is 1. The molecule has 10 heteroatoms. The van der Waals surface area contributed by atoms with Crippen LogP contribution >= 0.6 is 22.9 Å². The standard InChI is InChI=1S/C23H21ClN6O2S/c24-16-9-26-22-20(28-16)14(8-25-22)21-27-15(13-5-6-33-10-13)7-17(30-21)29-19-12-3-1-11(2-4-12)18(19)23(31)32/h5-12,18-19H,1-4H2,(H,25,26)(H,31,32)(H,27,29,30). The summed E-state index contributed by atoms with van der Waals surface area (Å²) in [5.74, 6) is 0.519. The van der Waals surface area contributed by atoms with E-state index in [1.807, 2.05) is 22.9 Å². The molecule has 2 unspecified atom stereocenters. The summed E-state index contributed by atoms with van der Waals surface area (Å²) in [6, 6.07) is 3.76. The fourth-order valence-corrected chi connectivity index (χ4v) is 6.21. The van der Waals surface area contributed by atoms with Gasteiger partial charge in [0.15, 0.2) is 11.5 Å². The maximum absolute atomic E-state index is 12.1. The first-order chi connectivity index (χ1) is 16.1. The van der Waals surface area contributed by atoms with Crippen LogP contribution < -0.4 is 5.32 Å². The number of hydrogen-bond acceptors (Lipinski definition) is 7. The van der Waals surface area contributed by atoms with Crippen LogP contribution in [0, 0.1) is 17.8 Å². The van der Waals surface area contributed by atoms with E-state index in [0.29, 0.717) is 39.4 Å². The van der Waals surface area contributed by atoms with Gasteiger partial charge in [0.1, 0.15) is 16.5 Å². The largest absolute Gasteiger partial charge is 0.481 e. The van der Waals surface area contributed by atoms with Crippen LogP contribution in [0.4, 0.5) is 5.82 Å². The first kappa shape index (κ1) is 20.6. The van der Waals surface area contributed by atoms with E-state index in [0.717, 1.165) is 36.9 Å². The SMILES string of the molecule is O=C(O)C1C2CCC(CC2)C1Nc1cc(-c2ccsc2)nc(-c2c[nH]c3ncc(Cl)nc23)n1. The number of nitrogens with zero attached hydrogens (tertiary/aromatic N) is 4. The van der Waals surface area contributed by atoms with E-state index in [2.05, 4.69) is 20.3 Å². The van der Waals surface area contributed by atoms with Gasteiger partial charge in [0.25, 0.3) is 0 Å². The van der Waals surface area contributed by atoms with Gasteiger partial charge in [-0.05, 0) is 49.0 Å². The van der Waals surface area contributed by atoms with Gasteiger partial charge in [0, 0.05) is 29.2 Å². The lowest BCUT2D eigenvalue weighted by Crippen LogP contribution is -2.51. The van der Waals surface area contributed by atoms with E-state index >= 15 is 0 Å². The van der Waals surface area contributed by atoms with Crippen molar-refractivity contribution in [2.75, 3.05) is 5.32 Å². The Morgan fingerprint density at radius 1 is 1.18 bits per heavy atom. The number of carboxylic acids is 1. The minimum absolute atomic E-state index is 0.148. The molecule has 0 aromatic carbocycles. The third kappa shape index (κ3) is 3.65. The van der Waals surface area contributed by atoms with Gasteiger partial charge in [0.05, 0.1) is 23.4 Å². The van der Waals surface area contributed by atoms with Gasteiger partial charge in [-0.25, -0.2) is 19.9 Å². The molecule has 33 heavy (non-hydrogen) atoms. The van der Waals surface area contributed by atoms with Gasteiger partial charge in [-0.1, -0.05) is 11.6 Å². The fourth-order valence-electron chi connectivity index (χ4n) is 5.42. The van der Waals surface area contributed by atoms with Crippen molar-refractivity contribution in [1.82, 2.24) is 24.9 Å². The zero-order chi connectivity index (χ0) is 22.5. The lowest BCUT2D eigenvalue weighted by atomic mass is 9.61. The average Bonchev–Trinajstić information content (AvgIpc) is 3.49. The highest BCUT2D eigenvalue weighted by Crippen LogP contribution is 2.46. The molecule has 3 aliphatic carbocycles. The number of aromatic nitrogens is 5. The molecular formula is C23H21ClN6O2S. The van der Waals surface area contributed by atoms with Crippen LogP contribution in [-0.2, 0) is 4.79 Å². The van der Waals surface area contributed by atoms with Crippen LogP contribution in [-0.4, -0.2) is 42.0 Å². The first-order valence-electron chi connectivity index (χ1n) is 11.0. The van der Waals surface area contributed by atoms with E-state index in [9.17, 15) is 9.90 Å². The third-order valence-electron chi connectivity index (χ3n) is 6.95. The van der Waals surface area contributed by atoms with Crippen LogP contribution in [0.25, 0.3) is 33.8 Å². The Morgan fingerprint density at radius 3 is 2.76 bits per heavy atom. The lowest BCUT2D eigenvalue weighted by molar-refractivity contribution is -0.148. The molecule has 4 aromatic rings. The van der Waals surface area contributed by atoms with E-state index < -0.39 is 11.9 Å². The van der Waals surface area contributed by atoms with Gasteiger partial charge in [-0.3, -0.25) is 4.79 Å². The van der Waals surface area contributed by atoms with Crippen molar-refractivity contribution in [2.45, 2.75) is 31.7 Å². The topological polar surface area (TPSA) is 117 Å². The van der Waals surface area contributed by atoms with Gasteiger partial charge in [-0.2, -0.15) is 11.3 Å². The molecule has 0 radical (unpaired) electrons. The summed E-state index contributed by atoms with van der Waals surface area (Å²) in [5.41, 5.74) is 3.64. The number of fused-ring (bicyclic) bond motifs is 4. The van der Waals surface area contributed by atoms with Crippen LogP contribution in [0.1, 0.15) is 25.7 Å². The number of rotatable bonds is 5. The van der Waals surface area contributed by atoms with Crippen molar-refractivity contribution in [3.05, 3.63) is 40.4 Å². The van der Waals surface area contributed by atoms with Crippen LogP contribution in [0.5, 0.6) is 0 Å². The third-order valence-corrected chi connectivity index (χ3v) is 7.82. The number of anilines is 1. The Bertz CT molecular complexity index is 1330. The molecule has 0 saturated heterocycles. The molecule has 3 saturated carbocycles. The number of thiophene rings is 1. The minimum atomic E-state index is -0.726.